The van der Waals surface area contributed by atoms with Crippen LogP contribution in [0, 0.1) is 56.2 Å². The van der Waals surface area contributed by atoms with Crippen LogP contribution in [0.1, 0.15) is 24.4 Å². The third-order valence-electron chi connectivity index (χ3n) is 5.78. The van der Waals surface area contributed by atoms with Gasteiger partial charge in [-0.25, -0.2) is 0 Å². The van der Waals surface area contributed by atoms with Crippen molar-refractivity contribution in [1.82, 2.24) is 0 Å². The predicted octanol–water partition coefficient (Wildman–Crippen LogP) is 4.70. The lowest BCUT2D eigenvalue weighted by Crippen LogP contribution is -2.57. The summed E-state index contributed by atoms with van der Waals surface area (Å²) in [7, 11) is 0. The van der Waals surface area contributed by atoms with Crippen molar-refractivity contribution in [3.63, 3.8) is 0 Å². The fourth-order valence-electron chi connectivity index (χ4n) is 4.31. The minimum atomic E-state index is -2.09. The lowest BCUT2D eigenvalue weighted by Gasteiger charge is -2.48. The van der Waals surface area contributed by atoms with Gasteiger partial charge in [-0.15, -0.1) is 0 Å². The molecule has 29 heavy (non-hydrogen) atoms. The van der Waals surface area contributed by atoms with E-state index in [1.54, 1.807) is 25.1 Å². The first-order chi connectivity index (χ1) is 13.8. The van der Waals surface area contributed by atoms with Gasteiger partial charge in [0.15, 0.2) is 11.5 Å². The Morgan fingerprint density at radius 1 is 1.10 bits per heavy atom. The molecular weight excluding hydrogens is 415 g/mol. The number of hydrogen-bond donors (Lipinski definition) is 1. The Balaban J connectivity index is 2.06. The van der Waals surface area contributed by atoms with Gasteiger partial charge < -0.3 is 13.9 Å². The number of benzene rings is 1. The third kappa shape index (κ3) is 2.11. The lowest BCUT2D eigenvalue weighted by atomic mass is 9.54. The quantitative estimate of drug-likeness (QED) is 0.740. The minimum Gasteiger partial charge on any atom is -0.466 e. The fourth-order valence-corrected chi connectivity index (χ4v) is 4.85. The van der Waals surface area contributed by atoms with Crippen molar-refractivity contribution >= 4 is 29.1 Å². The molecule has 0 spiro atoms. The molecule has 0 radical (unpaired) electrons. The average Bonchev–Trinajstić information content (AvgIpc) is 3.28. The van der Waals surface area contributed by atoms with Crippen molar-refractivity contribution in [2.24, 2.45) is 16.7 Å². The first-order valence-corrected chi connectivity index (χ1v) is 9.27. The lowest BCUT2D eigenvalue weighted by molar-refractivity contribution is -0.291. The van der Waals surface area contributed by atoms with Gasteiger partial charge in [-0.05, 0) is 30.3 Å². The van der Waals surface area contributed by atoms with E-state index in [0.29, 0.717) is 10.6 Å². The van der Waals surface area contributed by atoms with Gasteiger partial charge in [-0.3, -0.25) is 5.41 Å². The van der Waals surface area contributed by atoms with Crippen LogP contribution in [0.25, 0.3) is 0 Å². The van der Waals surface area contributed by atoms with Crippen LogP contribution in [0.2, 0.25) is 10.0 Å². The largest absolute Gasteiger partial charge is 0.466 e. The maximum Gasteiger partial charge on any atom is 0.245 e. The van der Waals surface area contributed by atoms with Crippen molar-refractivity contribution in [2.45, 2.75) is 18.8 Å². The summed E-state index contributed by atoms with van der Waals surface area (Å²) < 4.78 is 17.5. The van der Waals surface area contributed by atoms with Crippen LogP contribution in [-0.2, 0) is 15.3 Å². The number of nitrogens with zero attached hydrogens (tertiary/aromatic N) is 3. The molecule has 2 saturated heterocycles. The molecule has 4 atom stereocenters. The van der Waals surface area contributed by atoms with Gasteiger partial charge in [-0.1, -0.05) is 30.1 Å². The van der Waals surface area contributed by atoms with Crippen LogP contribution < -0.4 is 0 Å². The van der Waals surface area contributed by atoms with E-state index in [9.17, 15) is 15.8 Å². The monoisotopic (exact) mass is 426 g/mol. The second-order valence-electron chi connectivity index (χ2n) is 6.91. The SMILES string of the molecule is CC1C2(c3ccc(Cl)cc3Cl)OC(=N)C1(C#N)C(C#N)(C#N)C(c1ccco1)O2. The summed E-state index contributed by atoms with van der Waals surface area (Å²) in [6, 6.07) is 13.7. The van der Waals surface area contributed by atoms with E-state index < -0.39 is 34.5 Å². The molecule has 2 bridgehead atoms. The molecule has 0 saturated carbocycles. The number of nitriles is 3. The highest BCUT2D eigenvalue weighted by Gasteiger charge is 2.80. The first-order valence-electron chi connectivity index (χ1n) is 8.51. The van der Waals surface area contributed by atoms with Crippen LogP contribution in [0.15, 0.2) is 41.0 Å². The molecular formula is C20H12Cl2N4O3. The van der Waals surface area contributed by atoms with Gasteiger partial charge in [-0.2, -0.15) is 15.8 Å². The van der Waals surface area contributed by atoms with E-state index in [2.05, 4.69) is 0 Å². The van der Waals surface area contributed by atoms with E-state index in [1.807, 2.05) is 18.2 Å². The highest BCUT2D eigenvalue weighted by Crippen LogP contribution is 2.69. The van der Waals surface area contributed by atoms with Crippen molar-refractivity contribution in [1.29, 1.82) is 21.2 Å². The minimum absolute atomic E-state index is 0.160. The summed E-state index contributed by atoms with van der Waals surface area (Å²) >= 11 is 12.4. The summed E-state index contributed by atoms with van der Waals surface area (Å²) in [6.45, 7) is 1.59. The Hall–Kier alpha value is -3.02. The van der Waals surface area contributed by atoms with Crippen LogP contribution in [-0.4, -0.2) is 5.90 Å². The zero-order chi connectivity index (χ0) is 21.0. The molecule has 1 aromatic carbocycles. The molecule has 7 nitrogen and oxygen atoms in total. The van der Waals surface area contributed by atoms with Crippen LogP contribution in [0.4, 0.5) is 0 Å². The van der Waals surface area contributed by atoms with Crippen molar-refractivity contribution < 1.29 is 13.9 Å². The fraction of sp³-hybridized carbons (Fsp3) is 0.300. The molecule has 2 aromatic rings. The van der Waals surface area contributed by atoms with Crippen LogP contribution >= 0.6 is 23.2 Å². The molecule has 9 heteroatoms. The number of fused-ring (bicyclic) bond motifs is 2. The normalized spacial score (nSPS) is 31.9. The van der Waals surface area contributed by atoms with Gasteiger partial charge in [0.1, 0.15) is 5.76 Å². The highest BCUT2D eigenvalue weighted by atomic mass is 35.5. The standard InChI is InChI=1S/C20H12Cl2N4O3/c1-11-19(10-25)17(26)29-20(11,13-5-4-12(21)7-14(13)22)28-16(15-3-2-6-27-15)18(19,8-23)9-24/h2-7,11,16,26H,1H3. The Bertz CT molecular complexity index is 1130. The Labute approximate surface area is 176 Å². The third-order valence-corrected chi connectivity index (χ3v) is 6.32. The van der Waals surface area contributed by atoms with Crippen molar-refractivity contribution in [3.8, 4) is 18.2 Å². The Kier molecular flexibility index (Phi) is 4.15. The predicted molar refractivity (Wildman–Crippen MR) is 100 cm³/mol. The van der Waals surface area contributed by atoms with E-state index in [-0.39, 0.29) is 10.8 Å². The summed E-state index contributed by atoms with van der Waals surface area (Å²) in [4.78, 5) is 0. The van der Waals surface area contributed by atoms with Gasteiger partial charge in [0.2, 0.25) is 17.1 Å². The van der Waals surface area contributed by atoms with Gasteiger partial charge in [0, 0.05) is 10.6 Å². The summed E-state index contributed by atoms with van der Waals surface area (Å²) in [6.07, 6.45) is 0.0589. The van der Waals surface area contributed by atoms with Crippen molar-refractivity contribution in [2.75, 3.05) is 0 Å². The maximum atomic E-state index is 10.2. The summed E-state index contributed by atoms with van der Waals surface area (Å²) in [5, 5.41) is 39.4. The summed E-state index contributed by atoms with van der Waals surface area (Å²) in [5.41, 5.74) is -3.68. The number of furan rings is 1. The molecule has 4 unspecified atom stereocenters. The maximum absolute atomic E-state index is 10.2. The number of ether oxygens (including phenoxy) is 2. The first kappa shape index (κ1) is 19.3. The van der Waals surface area contributed by atoms with Gasteiger partial charge >= 0.3 is 0 Å². The molecule has 144 valence electrons. The molecule has 1 aromatic heterocycles. The topological polar surface area (TPSA) is 127 Å². The number of hydrogen-bond acceptors (Lipinski definition) is 7. The number of nitrogens with one attached hydrogen (secondary N) is 1. The van der Waals surface area contributed by atoms with E-state index >= 15 is 0 Å². The Morgan fingerprint density at radius 2 is 1.83 bits per heavy atom. The van der Waals surface area contributed by atoms with Gasteiger partial charge in [0.25, 0.3) is 0 Å². The summed E-state index contributed by atoms with van der Waals surface area (Å²) in [5.74, 6) is -2.98. The molecule has 2 aliphatic rings. The number of halogens is 2. The molecule has 2 fully saturated rings. The van der Waals surface area contributed by atoms with E-state index in [0.717, 1.165) is 0 Å². The van der Waals surface area contributed by atoms with E-state index in [4.69, 9.17) is 42.5 Å². The van der Waals surface area contributed by atoms with E-state index in [1.165, 1.54) is 18.4 Å². The second-order valence-corrected chi connectivity index (χ2v) is 7.75. The van der Waals surface area contributed by atoms with Crippen LogP contribution in [0.5, 0.6) is 0 Å². The molecule has 1 N–H and O–H groups in total. The Morgan fingerprint density at radius 3 is 2.38 bits per heavy atom. The van der Waals surface area contributed by atoms with Crippen molar-refractivity contribution in [3.05, 3.63) is 58.0 Å². The zero-order valence-electron chi connectivity index (χ0n) is 14.9. The molecule has 3 heterocycles. The van der Waals surface area contributed by atoms with Crippen LogP contribution in [0.3, 0.4) is 0 Å². The zero-order valence-corrected chi connectivity index (χ0v) is 16.5. The molecule has 0 amide bonds. The number of rotatable bonds is 2. The average molecular weight is 427 g/mol. The smallest absolute Gasteiger partial charge is 0.245 e. The molecule has 4 rings (SSSR count). The molecule has 0 aliphatic carbocycles. The van der Waals surface area contributed by atoms with Gasteiger partial charge in [0.05, 0.1) is 35.4 Å². The highest BCUT2D eigenvalue weighted by molar-refractivity contribution is 6.35. The molecule has 2 aliphatic heterocycles. The second kappa shape index (κ2) is 6.24.